The molecule has 0 aliphatic carbocycles. The van der Waals surface area contributed by atoms with Crippen LogP contribution in [-0.4, -0.2) is 23.8 Å². The van der Waals surface area contributed by atoms with E-state index in [0.29, 0.717) is 17.0 Å². The van der Waals surface area contributed by atoms with Gasteiger partial charge in [-0.05, 0) is 36.4 Å². The summed E-state index contributed by atoms with van der Waals surface area (Å²) in [6, 6.07) is 14.9. The van der Waals surface area contributed by atoms with Gasteiger partial charge in [0.2, 0.25) is 0 Å². The number of methoxy groups -OCH3 is 2. The Morgan fingerprint density at radius 3 is 2.54 bits per heavy atom. The van der Waals surface area contributed by atoms with Crippen LogP contribution in [0.4, 0.5) is 0 Å². The van der Waals surface area contributed by atoms with Crippen LogP contribution < -0.4 is 15.2 Å². The van der Waals surface area contributed by atoms with E-state index in [1.165, 1.54) is 4.40 Å². The Kier molecular flexibility index (Phi) is 3.23. The Morgan fingerprint density at radius 2 is 1.75 bits per heavy atom. The lowest BCUT2D eigenvalue weighted by Crippen LogP contribution is -2.12. The van der Waals surface area contributed by atoms with E-state index in [9.17, 15) is 4.79 Å². The van der Waals surface area contributed by atoms with Gasteiger partial charge in [-0.1, -0.05) is 17.3 Å². The zero-order valence-corrected chi connectivity index (χ0v) is 13.1. The topological polar surface area (TPSA) is 66.0 Å². The molecule has 24 heavy (non-hydrogen) atoms. The van der Waals surface area contributed by atoms with E-state index >= 15 is 0 Å². The van der Waals surface area contributed by atoms with Crippen LogP contribution in [0.5, 0.6) is 11.5 Å². The predicted molar refractivity (Wildman–Crippen MR) is 89.8 cm³/mol. The zero-order chi connectivity index (χ0) is 16.7. The van der Waals surface area contributed by atoms with Gasteiger partial charge in [0.1, 0.15) is 17.2 Å². The average molecular weight is 322 g/mol. The molecule has 0 N–H and O–H groups in total. The van der Waals surface area contributed by atoms with Crippen LogP contribution in [0.25, 0.3) is 27.7 Å². The number of fused-ring (bicyclic) bond motifs is 3. The zero-order valence-electron chi connectivity index (χ0n) is 13.1. The highest BCUT2D eigenvalue weighted by atomic mass is 16.5. The van der Waals surface area contributed by atoms with E-state index in [2.05, 4.69) is 5.16 Å². The molecule has 2 heterocycles. The maximum absolute atomic E-state index is 12.2. The first-order chi connectivity index (χ1) is 11.7. The molecule has 0 aliphatic heterocycles. The first-order valence-electron chi connectivity index (χ1n) is 7.35. The number of benzene rings is 2. The summed E-state index contributed by atoms with van der Waals surface area (Å²) in [6.45, 7) is 0. The quantitative estimate of drug-likeness (QED) is 0.580. The summed E-state index contributed by atoms with van der Waals surface area (Å²) < 4.78 is 17.0. The summed E-state index contributed by atoms with van der Waals surface area (Å²) >= 11 is 0. The second kappa shape index (κ2) is 5.42. The highest BCUT2D eigenvalue weighted by Crippen LogP contribution is 2.30. The molecule has 0 unspecified atom stereocenters. The fourth-order valence-corrected chi connectivity index (χ4v) is 2.83. The molecule has 0 radical (unpaired) electrons. The van der Waals surface area contributed by atoms with Crippen molar-refractivity contribution >= 4 is 16.4 Å². The van der Waals surface area contributed by atoms with Crippen molar-refractivity contribution in [2.45, 2.75) is 0 Å². The fraction of sp³-hybridized carbons (Fsp3) is 0.111. The Morgan fingerprint density at radius 1 is 0.958 bits per heavy atom. The molecule has 0 fully saturated rings. The van der Waals surface area contributed by atoms with Gasteiger partial charge in [-0.2, -0.15) is 0 Å². The van der Waals surface area contributed by atoms with E-state index in [1.54, 1.807) is 20.3 Å². The van der Waals surface area contributed by atoms with E-state index in [4.69, 9.17) is 14.0 Å². The largest absolute Gasteiger partial charge is 0.497 e. The number of rotatable bonds is 3. The molecule has 0 bridgehead atoms. The number of ether oxygens (including phenoxy) is 2. The van der Waals surface area contributed by atoms with Crippen LogP contribution in [0.2, 0.25) is 0 Å². The van der Waals surface area contributed by atoms with E-state index < -0.39 is 5.76 Å². The fourth-order valence-electron chi connectivity index (χ4n) is 2.83. The first kappa shape index (κ1) is 14.3. The molecule has 0 spiro atoms. The highest BCUT2D eigenvalue weighted by Gasteiger charge is 2.15. The molecule has 0 amide bonds. The van der Waals surface area contributed by atoms with Crippen LogP contribution in [0.15, 0.2) is 57.8 Å². The van der Waals surface area contributed by atoms with Gasteiger partial charge in [0.25, 0.3) is 0 Å². The molecule has 6 heteroatoms. The maximum Gasteiger partial charge on any atom is 0.445 e. The summed E-state index contributed by atoms with van der Waals surface area (Å²) in [7, 11) is 3.21. The lowest BCUT2D eigenvalue weighted by Gasteiger charge is -2.04. The Labute approximate surface area is 136 Å². The van der Waals surface area contributed by atoms with Crippen molar-refractivity contribution in [3.8, 4) is 22.8 Å². The SMILES string of the molecule is COc1cccc(-c2noc(=O)n3c2cc2cc(OC)ccc23)c1. The van der Waals surface area contributed by atoms with Crippen molar-refractivity contribution in [3.63, 3.8) is 0 Å². The molecule has 6 nitrogen and oxygen atoms in total. The molecular weight excluding hydrogens is 308 g/mol. The van der Waals surface area contributed by atoms with Gasteiger partial charge in [-0.15, -0.1) is 0 Å². The lowest BCUT2D eigenvalue weighted by atomic mass is 10.1. The molecule has 4 aromatic rings. The molecule has 0 atom stereocenters. The third-order valence-electron chi connectivity index (χ3n) is 3.99. The summed E-state index contributed by atoms with van der Waals surface area (Å²) in [5.41, 5.74) is 2.79. The minimum Gasteiger partial charge on any atom is -0.497 e. The van der Waals surface area contributed by atoms with Crippen LogP contribution in [0, 0.1) is 0 Å². The summed E-state index contributed by atoms with van der Waals surface area (Å²) in [5, 5.41) is 4.87. The number of hydrogen-bond acceptors (Lipinski definition) is 5. The van der Waals surface area contributed by atoms with Crippen molar-refractivity contribution in [1.82, 2.24) is 9.56 Å². The predicted octanol–water partition coefficient (Wildman–Crippen LogP) is 3.12. The Balaban J connectivity index is 2.06. The van der Waals surface area contributed by atoms with E-state index in [1.807, 2.05) is 42.5 Å². The van der Waals surface area contributed by atoms with Crippen molar-refractivity contribution < 1.29 is 14.0 Å². The normalized spacial score (nSPS) is 11.1. The molecule has 4 rings (SSSR count). The second-order valence-corrected chi connectivity index (χ2v) is 5.32. The van der Waals surface area contributed by atoms with Gasteiger partial charge in [-0.3, -0.25) is 4.52 Å². The number of aromatic nitrogens is 2. The average Bonchev–Trinajstić information content (AvgIpc) is 3.01. The second-order valence-electron chi connectivity index (χ2n) is 5.32. The van der Waals surface area contributed by atoms with Crippen molar-refractivity contribution in [3.05, 3.63) is 59.1 Å². The van der Waals surface area contributed by atoms with Crippen LogP contribution in [0.3, 0.4) is 0 Å². The Bertz CT molecular complexity index is 1110. The minimum absolute atomic E-state index is 0.531. The van der Waals surface area contributed by atoms with E-state index in [-0.39, 0.29) is 0 Å². The van der Waals surface area contributed by atoms with Crippen molar-refractivity contribution in [2.24, 2.45) is 0 Å². The molecule has 0 aliphatic rings. The van der Waals surface area contributed by atoms with E-state index in [0.717, 1.165) is 22.2 Å². The third-order valence-corrected chi connectivity index (χ3v) is 3.99. The molecule has 0 saturated carbocycles. The van der Waals surface area contributed by atoms with Gasteiger partial charge < -0.3 is 9.47 Å². The van der Waals surface area contributed by atoms with Gasteiger partial charge in [0, 0.05) is 10.9 Å². The number of hydrogen-bond donors (Lipinski definition) is 0. The van der Waals surface area contributed by atoms with Crippen LogP contribution in [-0.2, 0) is 0 Å². The van der Waals surface area contributed by atoms with Gasteiger partial charge in [-0.25, -0.2) is 9.20 Å². The van der Waals surface area contributed by atoms with Gasteiger partial charge in [0.05, 0.1) is 25.3 Å². The molecule has 2 aromatic heterocycles. The monoisotopic (exact) mass is 322 g/mol. The lowest BCUT2D eigenvalue weighted by molar-refractivity contribution is 0.352. The third kappa shape index (κ3) is 2.11. The summed E-state index contributed by atoms with van der Waals surface area (Å²) in [5.74, 6) is 0.895. The molecular formula is C18H14N2O4. The molecule has 0 saturated heterocycles. The van der Waals surface area contributed by atoms with Gasteiger partial charge in [0.15, 0.2) is 0 Å². The van der Waals surface area contributed by atoms with Crippen molar-refractivity contribution in [1.29, 1.82) is 0 Å². The highest BCUT2D eigenvalue weighted by molar-refractivity contribution is 5.93. The standard InChI is InChI=1S/C18H14N2O4/c1-22-13-5-3-4-11(8-13)17-16-10-12-9-14(23-2)6-7-15(12)20(16)18(21)24-19-17/h3-10H,1-2H3. The summed E-state index contributed by atoms with van der Waals surface area (Å²) in [4.78, 5) is 12.2. The smallest absolute Gasteiger partial charge is 0.445 e. The van der Waals surface area contributed by atoms with Gasteiger partial charge >= 0.3 is 5.76 Å². The summed E-state index contributed by atoms with van der Waals surface area (Å²) in [6.07, 6.45) is 0. The molecule has 2 aromatic carbocycles. The minimum atomic E-state index is -0.531. The van der Waals surface area contributed by atoms with Crippen LogP contribution in [0.1, 0.15) is 0 Å². The molecule has 120 valence electrons. The van der Waals surface area contributed by atoms with Crippen LogP contribution >= 0.6 is 0 Å². The Hall–Kier alpha value is -3.28. The number of nitrogens with zero attached hydrogens (tertiary/aromatic N) is 2. The van der Waals surface area contributed by atoms with Crippen molar-refractivity contribution in [2.75, 3.05) is 14.2 Å². The first-order valence-corrected chi connectivity index (χ1v) is 7.35. The maximum atomic E-state index is 12.2.